The lowest BCUT2D eigenvalue weighted by Gasteiger charge is -2.05. The van der Waals surface area contributed by atoms with Crippen LogP contribution in [0.1, 0.15) is 21.6 Å². The zero-order valence-corrected chi connectivity index (χ0v) is 13.4. The van der Waals surface area contributed by atoms with Crippen LogP contribution in [0.3, 0.4) is 0 Å². The van der Waals surface area contributed by atoms with Crippen LogP contribution in [0, 0.1) is 13.8 Å². The maximum Gasteiger partial charge on any atom is 0.256 e. The number of amides is 1. The van der Waals surface area contributed by atoms with E-state index in [0.717, 1.165) is 10.9 Å². The van der Waals surface area contributed by atoms with Gasteiger partial charge in [-0.2, -0.15) is 0 Å². The zero-order chi connectivity index (χ0) is 15.9. The fourth-order valence-electron chi connectivity index (χ4n) is 2.54. The topological polar surface area (TPSA) is 46.9 Å². The number of hydrogen-bond donors (Lipinski definition) is 1. The van der Waals surface area contributed by atoms with Crippen molar-refractivity contribution in [2.75, 3.05) is 5.32 Å². The van der Waals surface area contributed by atoms with Crippen LogP contribution >= 0.6 is 11.6 Å². The van der Waals surface area contributed by atoms with Crippen molar-refractivity contribution in [1.82, 2.24) is 9.55 Å². The van der Waals surface area contributed by atoms with Gasteiger partial charge in [0.1, 0.15) is 5.82 Å². The smallest absolute Gasteiger partial charge is 0.256 e. The third-order valence-electron chi connectivity index (χ3n) is 4.04. The molecule has 22 heavy (non-hydrogen) atoms. The van der Waals surface area contributed by atoms with E-state index in [4.69, 9.17) is 11.6 Å². The molecule has 0 saturated carbocycles. The molecule has 0 aliphatic carbocycles. The van der Waals surface area contributed by atoms with Crippen molar-refractivity contribution in [2.45, 2.75) is 13.8 Å². The van der Waals surface area contributed by atoms with Gasteiger partial charge in [0.05, 0.1) is 5.02 Å². The molecule has 0 saturated heterocycles. The van der Waals surface area contributed by atoms with E-state index in [0.29, 0.717) is 16.4 Å². The lowest BCUT2D eigenvalue weighted by molar-refractivity contribution is 0.102. The number of pyridine rings is 1. The number of rotatable bonds is 2. The van der Waals surface area contributed by atoms with E-state index in [-0.39, 0.29) is 5.91 Å². The van der Waals surface area contributed by atoms with Crippen molar-refractivity contribution >= 4 is 34.2 Å². The summed E-state index contributed by atoms with van der Waals surface area (Å²) in [6.07, 6.45) is 1.51. The lowest BCUT2D eigenvalue weighted by Crippen LogP contribution is -2.12. The summed E-state index contributed by atoms with van der Waals surface area (Å²) in [6, 6.07) is 9.09. The zero-order valence-electron chi connectivity index (χ0n) is 12.6. The molecule has 0 fully saturated rings. The minimum absolute atomic E-state index is 0.183. The van der Waals surface area contributed by atoms with Crippen molar-refractivity contribution in [2.24, 2.45) is 7.05 Å². The van der Waals surface area contributed by atoms with Crippen LogP contribution in [-0.2, 0) is 7.05 Å². The molecule has 3 rings (SSSR count). The molecule has 0 aliphatic rings. The second kappa shape index (κ2) is 5.46. The number of anilines is 1. The van der Waals surface area contributed by atoms with Crippen LogP contribution < -0.4 is 5.32 Å². The molecule has 0 spiro atoms. The van der Waals surface area contributed by atoms with Gasteiger partial charge in [-0.15, -0.1) is 0 Å². The maximum absolute atomic E-state index is 12.4. The fraction of sp³-hybridized carbons (Fsp3) is 0.176. The molecule has 1 N–H and O–H groups in total. The molecule has 0 unspecified atom stereocenters. The minimum atomic E-state index is -0.183. The molecule has 0 radical (unpaired) electrons. The van der Waals surface area contributed by atoms with Crippen LogP contribution in [-0.4, -0.2) is 15.5 Å². The first kappa shape index (κ1) is 14.6. The second-order valence-electron chi connectivity index (χ2n) is 5.32. The van der Waals surface area contributed by atoms with Gasteiger partial charge in [-0.3, -0.25) is 4.79 Å². The number of hydrogen-bond acceptors (Lipinski definition) is 2. The Labute approximate surface area is 133 Å². The molecule has 2 heterocycles. The van der Waals surface area contributed by atoms with Gasteiger partial charge in [-0.25, -0.2) is 4.98 Å². The Kier molecular flexibility index (Phi) is 3.62. The molecule has 3 aromatic rings. The van der Waals surface area contributed by atoms with Crippen molar-refractivity contribution in [1.29, 1.82) is 0 Å². The van der Waals surface area contributed by atoms with E-state index in [9.17, 15) is 4.79 Å². The molecule has 4 nitrogen and oxygen atoms in total. The van der Waals surface area contributed by atoms with Crippen molar-refractivity contribution < 1.29 is 4.79 Å². The predicted octanol–water partition coefficient (Wildman–Crippen LogP) is 4.10. The van der Waals surface area contributed by atoms with E-state index in [1.54, 1.807) is 12.1 Å². The molecule has 2 aromatic heterocycles. The number of fused-ring (bicyclic) bond motifs is 1. The Hall–Kier alpha value is -2.33. The number of aryl methyl sites for hydroxylation is 2. The number of nitrogens with one attached hydrogen (secondary N) is 1. The maximum atomic E-state index is 12.4. The summed E-state index contributed by atoms with van der Waals surface area (Å²) < 4.78 is 2.13. The van der Waals surface area contributed by atoms with E-state index < -0.39 is 0 Å². The minimum Gasteiger partial charge on any atom is -0.348 e. The molecular weight excluding hydrogens is 298 g/mol. The first-order chi connectivity index (χ1) is 10.5. The van der Waals surface area contributed by atoms with E-state index >= 15 is 0 Å². The third kappa shape index (κ3) is 2.46. The predicted molar refractivity (Wildman–Crippen MR) is 89.6 cm³/mol. The Balaban J connectivity index is 1.94. The summed E-state index contributed by atoms with van der Waals surface area (Å²) in [4.78, 5) is 16.4. The average molecular weight is 314 g/mol. The summed E-state index contributed by atoms with van der Waals surface area (Å²) >= 11 is 5.79. The molecule has 0 aliphatic heterocycles. The van der Waals surface area contributed by atoms with E-state index in [1.165, 1.54) is 17.5 Å². The van der Waals surface area contributed by atoms with Crippen molar-refractivity contribution in [3.63, 3.8) is 0 Å². The van der Waals surface area contributed by atoms with Crippen LogP contribution in [0.2, 0.25) is 5.02 Å². The van der Waals surface area contributed by atoms with E-state index in [1.807, 2.05) is 25.2 Å². The van der Waals surface area contributed by atoms with Gasteiger partial charge >= 0.3 is 0 Å². The largest absolute Gasteiger partial charge is 0.348 e. The number of nitrogens with zero attached hydrogens (tertiary/aromatic N) is 2. The molecule has 0 atom stereocenters. The average Bonchev–Trinajstić information content (AvgIpc) is 2.74. The molecular formula is C17H16ClN3O. The van der Waals surface area contributed by atoms with Gasteiger partial charge in [0.2, 0.25) is 0 Å². The van der Waals surface area contributed by atoms with E-state index in [2.05, 4.69) is 28.7 Å². The summed E-state index contributed by atoms with van der Waals surface area (Å²) in [6.45, 7) is 4.15. The third-order valence-corrected chi connectivity index (χ3v) is 4.26. The highest BCUT2D eigenvalue weighted by molar-refractivity contribution is 6.30. The summed E-state index contributed by atoms with van der Waals surface area (Å²) in [5, 5.41) is 4.41. The molecule has 1 aromatic carbocycles. The quantitative estimate of drug-likeness (QED) is 0.774. The fourth-order valence-corrected chi connectivity index (χ4v) is 2.65. The number of carbonyl (C=O) groups is 1. The highest BCUT2D eigenvalue weighted by Crippen LogP contribution is 2.25. The molecule has 112 valence electrons. The van der Waals surface area contributed by atoms with Crippen LogP contribution in [0.15, 0.2) is 36.5 Å². The van der Waals surface area contributed by atoms with Gasteiger partial charge in [-0.1, -0.05) is 11.6 Å². The number of halogens is 1. The Morgan fingerprint density at radius 1 is 1.23 bits per heavy atom. The molecule has 5 heteroatoms. The normalized spacial score (nSPS) is 10.9. The van der Waals surface area contributed by atoms with Crippen LogP contribution in [0.25, 0.3) is 10.9 Å². The Morgan fingerprint density at radius 3 is 2.68 bits per heavy atom. The summed E-state index contributed by atoms with van der Waals surface area (Å²) in [5.74, 6) is 0.299. The Morgan fingerprint density at radius 2 is 2.00 bits per heavy atom. The first-order valence-corrected chi connectivity index (χ1v) is 7.33. The van der Waals surface area contributed by atoms with Gasteiger partial charge in [0.15, 0.2) is 0 Å². The van der Waals surface area contributed by atoms with Gasteiger partial charge in [-0.05, 0) is 49.7 Å². The van der Waals surface area contributed by atoms with Crippen LogP contribution in [0.5, 0.6) is 0 Å². The summed E-state index contributed by atoms with van der Waals surface area (Å²) in [7, 11) is 2.03. The number of carbonyl (C=O) groups excluding carboxylic acids is 1. The number of aromatic nitrogens is 2. The van der Waals surface area contributed by atoms with Gasteiger partial charge in [0, 0.05) is 35.4 Å². The van der Waals surface area contributed by atoms with Gasteiger partial charge in [0.25, 0.3) is 5.91 Å². The monoisotopic (exact) mass is 313 g/mol. The molecule has 0 bridgehead atoms. The molecule has 1 amide bonds. The van der Waals surface area contributed by atoms with Gasteiger partial charge < -0.3 is 9.88 Å². The highest BCUT2D eigenvalue weighted by Gasteiger charge is 2.12. The second-order valence-corrected chi connectivity index (χ2v) is 5.75. The van der Waals surface area contributed by atoms with Crippen molar-refractivity contribution in [3.8, 4) is 0 Å². The lowest BCUT2D eigenvalue weighted by atomic mass is 10.1. The SMILES string of the molecule is Cc1c(C)n(C)c2ccc(C(=O)Nc3ccc(Cl)cn3)cc12. The number of benzene rings is 1. The standard InChI is InChI=1S/C17H16ClN3O/c1-10-11(2)21(3)15-6-4-12(8-14(10)15)17(22)20-16-7-5-13(18)9-19-16/h4-9H,1-3H3,(H,19,20,22). The van der Waals surface area contributed by atoms with Crippen molar-refractivity contribution in [3.05, 3.63) is 58.4 Å². The highest BCUT2D eigenvalue weighted by atomic mass is 35.5. The van der Waals surface area contributed by atoms with Crippen LogP contribution in [0.4, 0.5) is 5.82 Å². The summed E-state index contributed by atoms with van der Waals surface area (Å²) in [5.41, 5.74) is 4.12. The Bertz CT molecular complexity index is 866. The first-order valence-electron chi connectivity index (χ1n) is 6.96.